The minimum atomic E-state index is -1.13. The molecule has 0 saturated carbocycles. The molecule has 0 aliphatic heterocycles. The van der Waals surface area contributed by atoms with Gasteiger partial charge >= 0.3 is 11.9 Å². The molecule has 1 aromatic carbocycles. The molecule has 102 valence electrons. The third kappa shape index (κ3) is 6.94. The van der Waals surface area contributed by atoms with Gasteiger partial charge in [0, 0.05) is 0 Å². The lowest BCUT2D eigenvalue weighted by atomic mass is 10.1. The fourth-order valence-electron chi connectivity index (χ4n) is 0.930. The molecule has 0 aliphatic rings. The number of hydrogen-bond acceptors (Lipinski definition) is 4. The van der Waals surface area contributed by atoms with Crippen molar-refractivity contribution in [2.75, 3.05) is 0 Å². The summed E-state index contributed by atoms with van der Waals surface area (Å²) in [6.45, 7) is 0. The molecular weight excluding hydrogens is 254 g/mol. The van der Waals surface area contributed by atoms with Gasteiger partial charge in [-0.2, -0.15) is 0 Å². The van der Waals surface area contributed by atoms with Crippen molar-refractivity contribution in [1.29, 1.82) is 10.8 Å². The maximum atomic E-state index is 10.4. The van der Waals surface area contributed by atoms with Gasteiger partial charge in [0.25, 0.3) is 0 Å². The van der Waals surface area contributed by atoms with Crippen LogP contribution >= 0.6 is 0 Å². The SMILES string of the molecule is N=C(N)NC(=N)N.O=C(O)c1cccc(C(=O)O)c1. The van der Waals surface area contributed by atoms with Gasteiger partial charge in [-0.15, -0.1) is 0 Å². The van der Waals surface area contributed by atoms with Gasteiger partial charge in [-0.05, 0) is 18.2 Å². The lowest BCUT2D eigenvalue weighted by Gasteiger charge is -1.95. The van der Waals surface area contributed by atoms with Crippen molar-refractivity contribution in [3.05, 3.63) is 35.4 Å². The Kier molecular flexibility index (Phi) is 6.08. The van der Waals surface area contributed by atoms with E-state index >= 15 is 0 Å². The summed E-state index contributed by atoms with van der Waals surface area (Å²) in [7, 11) is 0. The molecule has 9 nitrogen and oxygen atoms in total. The Hall–Kier alpha value is -3.10. The number of hydrogen-bond donors (Lipinski definition) is 7. The van der Waals surface area contributed by atoms with Crippen molar-refractivity contribution in [2.24, 2.45) is 11.5 Å². The molecule has 1 rings (SSSR count). The molecule has 0 aromatic heterocycles. The Morgan fingerprint density at radius 3 is 1.58 bits per heavy atom. The van der Waals surface area contributed by atoms with Gasteiger partial charge in [0.15, 0.2) is 11.9 Å². The van der Waals surface area contributed by atoms with Crippen molar-refractivity contribution < 1.29 is 19.8 Å². The molecule has 0 amide bonds. The first-order valence-corrected chi connectivity index (χ1v) is 4.75. The molecule has 0 bridgehead atoms. The first-order valence-electron chi connectivity index (χ1n) is 4.75. The van der Waals surface area contributed by atoms with Crippen LogP contribution in [0.4, 0.5) is 0 Å². The van der Waals surface area contributed by atoms with E-state index in [1.165, 1.54) is 18.2 Å². The molecule has 0 aliphatic carbocycles. The Morgan fingerprint density at radius 2 is 1.37 bits per heavy atom. The van der Waals surface area contributed by atoms with Crippen LogP contribution in [-0.2, 0) is 0 Å². The predicted octanol–water partition coefficient (Wildman–Crippen LogP) is -0.554. The van der Waals surface area contributed by atoms with Crippen LogP contribution in [0.25, 0.3) is 0 Å². The molecule has 0 saturated heterocycles. The highest BCUT2D eigenvalue weighted by Crippen LogP contribution is 2.04. The summed E-state index contributed by atoms with van der Waals surface area (Å²) < 4.78 is 0. The van der Waals surface area contributed by atoms with Gasteiger partial charge in [-0.3, -0.25) is 16.1 Å². The summed E-state index contributed by atoms with van der Waals surface area (Å²) in [6, 6.07) is 5.20. The highest BCUT2D eigenvalue weighted by molar-refractivity contribution is 5.94. The zero-order chi connectivity index (χ0) is 15.0. The van der Waals surface area contributed by atoms with Crippen LogP contribution < -0.4 is 16.8 Å². The molecule has 0 fully saturated rings. The average Bonchev–Trinajstić information content (AvgIpc) is 2.28. The second-order valence-electron chi connectivity index (χ2n) is 3.14. The Bertz CT molecular complexity index is 473. The quantitative estimate of drug-likeness (QED) is 0.276. The van der Waals surface area contributed by atoms with E-state index in [1.54, 1.807) is 0 Å². The normalized spacial score (nSPS) is 8.63. The van der Waals surface area contributed by atoms with Gasteiger partial charge in [-0.1, -0.05) is 6.07 Å². The molecule has 0 unspecified atom stereocenters. The summed E-state index contributed by atoms with van der Waals surface area (Å²) in [4.78, 5) is 20.8. The minimum absolute atomic E-state index is 0.0186. The zero-order valence-electron chi connectivity index (χ0n) is 9.68. The Morgan fingerprint density at radius 1 is 1.00 bits per heavy atom. The van der Waals surface area contributed by atoms with Gasteiger partial charge in [0.05, 0.1) is 11.1 Å². The third-order valence-electron chi connectivity index (χ3n) is 1.63. The fraction of sp³-hybridized carbons (Fsp3) is 0. The molecule has 1 aromatic rings. The van der Waals surface area contributed by atoms with E-state index in [4.69, 9.17) is 32.5 Å². The van der Waals surface area contributed by atoms with Crippen molar-refractivity contribution in [3.8, 4) is 0 Å². The first kappa shape index (κ1) is 15.9. The van der Waals surface area contributed by atoms with E-state index in [-0.39, 0.29) is 23.0 Å². The van der Waals surface area contributed by atoms with Crippen LogP contribution in [0.3, 0.4) is 0 Å². The lowest BCUT2D eigenvalue weighted by molar-refractivity contribution is 0.0696. The van der Waals surface area contributed by atoms with E-state index in [0.29, 0.717) is 0 Å². The third-order valence-corrected chi connectivity index (χ3v) is 1.63. The summed E-state index contributed by atoms with van der Waals surface area (Å²) in [5.41, 5.74) is 9.45. The Labute approximate surface area is 107 Å². The Balaban J connectivity index is 0.000000399. The van der Waals surface area contributed by atoms with E-state index in [1.807, 2.05) is 5.32 Å². The van der Waals surface area contributed by atoms with E-state index in [9.17, 15) is 9.59 Å². The molecular formula is C10H13N5O4. The van der Waals surface area contributed by atoms with Crippen LogP contribution in [0.5, 0.6) is 0 Å². The van der Waals surface area contributed by atoms with Gasteiger partial charge in [0.1, 0.15) is 0 Å². The standard InChI is InChI=1S/C8H6O4.C2H7N5/c9-7(10)5-2-1-3-6(4-5)8(11)12;3-1(4)7-2(5)6/h1-4H,(H,9,10)(H,11,12);(H7,3,4,5,6,7). The van der Waals surface area contributed by atoms with Crippen LogP contribution in [0.2, 0.25) is 0 Å². The number of nitrogens with one attached hydrogen (secondary N) is 3. The minimum Gasteiger partial charge on any atom is -0.478 e. The number of guanidine groups is 2. The monoisotopic (exact) mass is 267 g/mol. The number of carboxylic acids is 2. The van der Waals surface area contributed by atoms with Gasteiger partial charge in [0.2, 0.25) is 0 Å². The van der Waals surface area contributed by atoms with Crippen LogP contribution in [-0.4, -0.2) is 34.1 Å². The number of carboxylic acid groups (broad SMARTS) is 2. The number of aromatic carboxylic acids is 2. The summed E-state index contributed by atoms with van der Waals surface area (Å²) in [5.74, 6) is -2.88. The molecule has 19 heavy (non-hydrogen) atoms. The van der Waals surface area contributed by atoms with Crippen molar-refractivity contribution >= 4 is 23.9 Å². The topological polar surface area (TPSA) is 186 Å². The molecule has 9 heteroatoms. The predicted molar refractivity (Wildman–Crippen MR) is 67.3 cm³/mol. The second-order valence-corrected chi connectivity index (χ2v) is 3.14. The largest absolute Gasteiger partial charge is 0.478 e. The summed E-state index contributed by atoms with van der Waals surface area (Å²) in [6.07, 6.45) is 0. The number of benzene rings is 1. The van der Waals surface area contributed by atoms with E-state index < -0.39 is 11.9 Å². The van der Waals surface area contributed by atoms with Crippen molar-refractivity contribution in [2.45, 2.75) is 0 Å². The molecule has 0 spiro atoms. The highest BCUT2D eigenvalue weighted by atomic mass is 16.4. The molecule has 0 atom stereocenters. The highest BCUT2D eigenvalue weighted by Gasteiger charge is 2.06. The van der Waals surface area contributed by atoms with Crippen molar-refractivity contribution in [3.63, 3.8) is 0 Å². The first-order chi connectivity index (χ1) is 8.73. The average molecular weight is 267 g/mol. The molecule has 9 N–H and O–H groups in total. The number of rotatable bonds is 2. The lowest BCUT2D eigenvalue weighted by Crippen LogP contribution is -2.39. The number of nitrogens with two attached hydrogens (primary N) is 2. The smallest absolute Gasteiger partial charge is 0.335 e. The maximum absolute atomic E-state index is 10.4. The summed E-state index contributed by atoms with van der Waals surface area (Å²) >= 11 is 0. The maximum Gasteiger partial charge on any atom is 0.335 e. The second kappa shape index (κ2) is 7.27. The van der Waals surface area contributed by atoms with E-state index in [2.05, 4.69) is 0 Å². The van der Waals surface area contributed by atoms with Crippen LogP contribution in [0.15, 0.2) is 24.3 Å². The number of carbonyl (C=O) groups is 2. The molecule has 0 radical (unpaired) electrons. The van der Waals surface area contributed by atoms with Crippen LogP contribution in [0, 0.1) is 10.8 Å². The van der Waals surface area contributed by atoms with Crippen LogP contribution in [0.1, 0.15) is 20.7 Å². The fourth-order valence-corrected chi connectivity index (χ4v) is 0.930. The van der Waals surface area contributed by atoms with Crippen molar-refractivity contribution in [1.82, 2.24) is 5.32 Å². The summed E-state index contributed by atoms with van der Waals surface area (Å²) in [5, 5.41) is 32.0. The zero-order valence-corrected chi connectivity index (χ0v) is 9.68. The van der Waals surface area contributed by atoms with Gasteiger partial charge in [-0.25, -0.2) is 9.59 Å². The molecule has 0 heterocycles. The van der Waals surface area contributed by atoms with E-state index in [0.717, 1.165) is 6.07 Å². The van der Waals surface area contributed by atoms with Gasteiger partial charge < -0.3 is 21.7 Å².